The minimum absolute atomic E-state index is 0.194. The van der Waals surface area contributed by atoms with Crippen molar-refractivity contribution in [1.82, 2.24) is 0 Å². The lowest BCUT2D eigenvalue weighted by Gasteiger charge is -2.33. The minimum Gasteiger partial charge on any atom is -0.300 e. The predicted octanol–water partition coefficient (Wildman–Crippen LogP) is 4.21. The Morgan fingerprint density at radius 2 is 1.57 bits per heavy atom. The lowest BCUT2D eigenvalue weighted by molar-refractivity contribution is -0.121. The molecule has 1 aliphatic rings. The van der Waals surface area contributed by atoms with E-state index in [1.807, 2.05) is 0 Å². The van der Waals surface area contributed by atoms with Crippen molar-refractivity contribution in [2.45, 2.75) is 46.5 Å². The Morgan fingerprint density at radius 3 is 1.86 bits per heavy atom. The molecule has 0 spiro atoms. The Morgan fingerprint density at radius 1 is 1.21 bits per heavy atom. The van der Waals surface area contributed by atoms with E-state index < -0.39 is 0 Å². The average molecular weight is 239 g/mol. The van der Waals surface area contributed by atoms with Crippen LogP contribution in [0.2, 0.25) is 0 Å². The standard InChI is InChI=1S/C10H18O.CH2Cl2/c1-10(2,3)8-4-6-9(11)7-5-8;2-1-3/h8H,4-7H2,1-3H3;1H2. The third-order valence-electron chi connectivity index (χ3n) is 2.77. The fraction of sp³-hybridized carbons (Fsp3) is 0.909. The van der Waals surface area contributed by atoms with Gasteiger partial charge in [0.15, 0.2) is 0 Å². The van der Waals surface area contributed by atoms with Gasteiger partial charge in [-0.1, -0.05) is 20.8 Å². The number of ketones is 1. The zero-order valence-corrected chi connectivity index (χ0v) is 10.8. The first kappa shape index (κ1) is 14.2. The van der Waals surface area contributed by atoms with Gasteiger partial charge in [-0.2, -0.15) is 0 Å². The highest BCUT2D eigenvalue weighted by atomic mass is 35.5. The lowest BCUT2D eigenvalue weighted by Crippen LogP contribution is -2.25. The summed E-state index contributed by atoms with van der Waals surface area (Å²) in [5, 5.41) is 0.194. The predicted molar refractivity (Wildman–Crippen MR) is 63.0 cm³/mol. The van der Waals surface area contributed by atoms with Crippen molar-refractivity contribution in [2.24, 2.45) is 11.3 Å². The Labute approximate surface area is 97.2 Å². The van der Waals surface area contributed by atoms with Crippen LogP contribution in [-0.2, 0) is 4.79 Å². The van der Waals surface area contributed by atoms with E-state index >= 15 is 0 Å². The summed E-state index contributed by atoms with van der Waals surface area (Å²) in [5.41, 5.74) is 0.403. The molecular formula is C11H20Cl2O. The molecule has 3 heteroatoms. The Hall–Kier alpha value is 0.250. The molecule has 0 unspecified atom stereocenters. The highest BCUT2D eigenvalue weighted by molar-refractivity contribution is 6.40. The average Bonchev–Trinajstić information content (AvgIpc) is 2.04. The molecule has 1 aliphatic carbocycles. The summed E-state index contributed by atoms with van der Waals surface area (Å²) in [6.07, 6.45) is 3.87. The molecule has 0 atom stereocenters. The van der Waals surface area contributed by atoms with E-state index in [9.17, 15) is 4.79 Å². The number of carbonyl (C=O) groups excluding carboxylic acids is 1. The van der Waals surface area contributed by atoms with Gasteiger partial charge in [0.25, 0.3) is 0 Å². The van der Waals surface area contributed by atoms with Gasteiger partial charge in [0.05, 0.1) is 5.34 Å². The van der Waals surface area contributed by atoms with Crippen LogP contribution in [0.5, 0.6) is 0 Å². The van der Waals surface area contributed by atoms with Gasteiger partial charge in [0, 0.05) is 12.8 Å². The molecule has 14 heavy (non-hydrogen) atoms. The molecule has 0 bridgehead atoms. The van der Waals surface area contributed by atoms with E-state index in [0.29, 0.717) is 11.2 Å². The van der Waals surface area contributed by atoms with Gasteiger partial charge >= 0.3 is 0 Å². The van der Waals surface area contributed by atoms with Gasteiger partial charge < -0.3 is 0 Å². The number of hydrogen-bond donors (Lipinski definition) is 0. The van der Waals surface area contributed by atoms with E-state index in [1.165, 1.54) is 0 Å². The number of hydrogen-bond acceptors (Lipinski definition) is 1. The normalized spacial score (nSPS) is 18.8. The zero-order chi connectivity index (χ0) is 11.2. The van der Waals surface area contributed by atoms with Crippen molar-refractivity contribution in [3.63, 3.8) is 0 Å². The monoisotopic (exact) mass is 238 g/mol. The number of halogens is 2. The molecule has 0 aromatic rings. The second kappa shape index (κ2) is 6.68. The highest BCUT2D eigenvalue weighted by Gasteiger charge is 2.28. The third-order valence-corrected chi connectivity index (χ3v) is 2.77. The van der Waals surface area contributed by atoms with Crippen molar-refractivity contribution in [1.29, 1.82) is 0 Å². The van der Waals surface area contributed by atoms with Gasteiger partial charge in [-0.15, -0.1) is 23.2 Å². The molecule has 0 N–H and O–H groups in total. The van der Waals surface area contributed by atoms with Gasteiger partial charge in [-0.3, -0.25) is 4.79 Å². The van der Waals surface area contributed by atoms with Crippen LogP contribution in [0.15, 0.2) is 0 Å². The summed E-state index contributed by atoms with van der Waals surface area (Å²) in [6.45, 7) is 6.81. The molecule has 0 aromatic carbocycles. The smallest absolute Gasteiger partial charge is 0.132 e. The molecule has 0 aromatic heterocycles. The molecule has 1 nitrogen and oxygen atoms in total. The van der Waals surface area contributed by atoms with Gasteiger partial charge in [0.2, 0.25) is 0 Å². The van der Waals surface area contributed by atoms with E-state index in [2.05, 4.69) is 20.8 Å². The van der Waals surface area contributed by atoms with E-state index in [0.717, 1.165) is 31.6 Å². The molecule has 84 valence electrons. The Bertz CT molecular complexity index is 163. The molecule has 1 saturated carbocycles. The number of alkyl halides is 2. The summed E-state index contributed by atoms with van der Waals surface area (Å²) in [5.74, 6) is 1.23. The third kappa shape index (κ3) is 5.87. The number of carbonyl (C=O) groups is 1. The van der Waals surface area contributed by atoms with Crippen LogP contribution >= 0.6 is 23.2 Å². The molecule has 0 aliphatic heterocycles. The topological polar surface area (TPSA) is 17.1 Å². The highest BCUT2D eigenvalue weighted by Crippen LogP contribution is 2.36. The first-order chi connectivity index (χ1) is 6.41. The van der Waals surface area contributed by atoms with Gasteiger partial charge in [-0.05, 0) is 24.2 Å². The van der Waals surface area contributed by atoms with Crippen LogP contribution in [0.1, 0.15) is 46.5 Å². The molecule has 1 rings (SSSR count). The van der Waals surface area contributed by atoms with Crippen molar-refractivity contribution < 1.29 is 4.79 Å². The first-order valence-corrected chi connectivity index (χ1v) is 6.12. The fourth-order valence-corrected chi connectivity index (χ4v) is 1.81. The van der Waals surface area contributed by atoms with Gasteiger partial charge in [-0.25, -0.2) is 0 Å². The molecule has 0 saturated heterocycles. The maximum absolute atomic E-state index is 10.9. The van der Waals surface area contributed by atoms with Crippen LogP contribution < -0.4 is 0 Å². The molecule has 1 fully saturated rings. The molecular weight excluding hydrogens is 219 g/mol. The summed E-state index contributed by atoms with van der Waals surface area (Å²) in [7, 11) is 0. The van der Waals surface area contributed by atoms with Crippen LogP contribution in [0.3, 0.4) is 0 Å². The van der Waals surface area contributed by atoms with Crippen molar-refractivity contribution in [3.05, 3.63) is 0 Å². The maximum Gasteiger partial charge on any atom is 0.132 e. The quantitative estimate of drug-likeness (QED) is 0.578. The van der Waals surface area contributed by atoms with Crippen LogP contribution in [0.4, 0.5) is 0 Å². The molecule has 0 heterocycles. The summed E-state index contributed by atoms with van der Waals surface area (Å²) in [6, 6.07) is 0. The Balaban J connectivity index is 0.000000500. The van der Waals surface area contributed by atoms with Crippen molar-refractivity contribution in [3.8, 4) is 0 Å². The minimum atomic E-state index is 0.194. The lowest BCUT2D eigenvalue weighted by atomic mass is 9.72. The maximum atomic E-state index is 10.9. The SMILES string of the molecule is CC(C)(C)C1CCC(=O)CC1.ClCCl. The summed E-state index contributed by atoms with van der Waals surface area (Å²) in [4.78, 5) is 10.9. The first-order valence-electron chi connectivity index (χ1n) is 5.05. The molecule has 0 radical (unpaired) electrons. The second-order valence-corrected chi connectivity index (χ2v) is 5.59. The van der Waals surface area contributed by atoms with E-state index in [4.69, 9.17) is 23.2 Å². The van der Waals surface area contributed by atoms with Crippen molar-refractivity contribution >= 4 is 29.0 Å². The second-order valence-electron chi connectivity index (χ2n) is 4.78. The number of rotatable bonds is 0. The van der Waals surface area contributed by atoms with E-state index in [1.54, 1.807) is 0 Å². The van der Waals surface area contributed by atoms with Crippen molar-refractivity contribution in [2.75, 3.05) is 5.34 Å². The van der Waals surface area contributed by atoms with E-state index in [-0.39, 0.29) is 5.34 Å². The Kier molecular flexibility index (Phi) is 6.80. The fourth-order valence-electron chi connectivity index (χ4n) is 1.81. The van der Waals surface area contributed by atoms with Crippen LogP contribution in [0.25, 0.3) is 0 Å². The summed E-state index contributed by atoms with van der Waals surface area (Å²) >= 11 is 9.53. The largest absolute Gasteiger partial charge is 0.300 e. The van der Waals surface area contributed by atoms with Crippen LogP contribution in [0, 0.1) is 11.3 Å². The van der Waals surface area contributed by atoms with Crippen LogP contribution in [-0.4, -0.2) is 11.1 Å². The van der Waals surface area contributed by atoms with Gasteiger partial charge in [0.1, 0.15) is 5.78 Å². The zero-order valence-electron chi connectivity index (χ0n) is 9.28. The summed E-state index contributed by atoms with van der Waals surface area (Å²) < 4.78 is 0. The molecule has 0 amide bonds. The number of Topliss-reactive ketones (excluding diaryl/α,β-unsaturated/α-hetero) is 1.